The molecule has 1 fully saturated rings. The number of carbonyl (C=O) groups is 2. The van der Waals surface area contributed by atoms with E-state index in [0.29, 0.717) is 23.4 Å². The number of para-hydroxylation sites is 1. The van der Waals surface area contributed by atoms with E-state index >= 15 is 0 Å². The monoisotopic (exact) mass is 453 g/mol. The van der Waals surface area contributed by atoms with E-state index in [2.05, 4.69) is 10.6 Å². The molecule has 170 valence electrons. The summed E-state index contributed by atoms with van der Waals surface area (Å²) in [5.41, 5.74) is 1.59. The zero-order valence-electron chi connectivity index (χ0n) is 18.7. The molecule has 0 spiro atoms. The van der Waals surface area contributed by atoms with Crippen LogP contribution >= 0.6 is 12.2 Å². The molecule has 2 aromatic carbocycles. The second-order valence-corrected chi connectivity index (χ2v) is 8.44. The predicted molar refractivity (Wildman–Crippen MR) is 131 cm³/mol. The summed E-state index contributed by atoms with van der Waals surface area (Å²) in [5.74, 6) is 0.350. The lowest BCUT2D eigenvalue weighted by Crippen LogP contribution is -2.39. The summed E-state index contributed by atoms with van der Waals surface area (Å²) in [6, 6.07) is 14.4. The number of amides is 2. The number of hydrogen-bond donors (Lipinski definition) is 2. The van der Waals surface area contributed by atoms with Gasteiger partial charge in [-0.2, -0.15) is 0 Å². The number of hydrogen-bond acceptors (Lipinski definition) is 4. The van der Waals surface area contributed by atoms with Crippen LogP contribution in [0, 0.1) is 0 Å². The third kappa shape index (κ3) is 6.29. The highest BCUT2D eigenvalue weighted by Crippen LogP contribution is 2.25. The van der Waals surface area contributed by atoms with Crippen molar-refractivity contribution in [2.24, 2.45) is 0 Å². The van der Waals surface area contributed by atoms with E-state index in [4.69, 9.17) is 17.0 Å². The van der Waals surface area contributed by atoms with E-state index in [1.165, 1.54) is 6.42 Å². The van der Waals surface area contributed by atoms with Crippen LogP contribution in [0.4, 0.5) is 5.69 Å². The molecule has 2 aromatic rings. The highest BCUT2D eigenvalue weighted by molar-refractivity contribution is 7.80. The second kappa shape index (κ2) is 11.6. The quantitative estimate of drug-likeness (QED) is 0.577. The standard InChI is InChI=1S/C25H31N3O3S/c1-3-17-31-20-15-13-18(14-16-20)23(29)27-25(32)26-22-12-8-7-11-21(22)24(30)28(2)19-9-5-4-6-10-19/h7-8,11-16,19H,3-6,9-10,17H2,1-2H3,(H2,26,27,29,32). The lowest BCUT2D eigenvalue weighted by atomic mass is 9.94. The van der Waals surface area contributed by atoms with Gasteiger partial charge in [-0.1, -0.05) is 38.3 Å². The van der Waals surface area contributed by atoms with E-state index in [1.54, 1.807) is 36.4 Å². The molecule has 0 bridgehead atoms. The largest absolute Gasteiger partial charge is 0.494 e. The van der Waals surface area contributed by atoms with Gasteiger partial charge < -0.3 is 15.0 Å². The van der Waals surface area contributed by atoms with Crippen molar-refractivity contribution >= 4 is 34.8 Å². The number of nitrogens with zero attached hydrogens (tertiary/aromatic N) is 1. The van der Waals surface area contributed by atoms with Gasteiger partial charge in [0.2, 0.25) is 0 Å². The third-order valence-electron chi connectivity index (χ3n) is 5.66. The van der Waals surface area contributed by atoms with Gasteiger partial charge in [-0.3, -0.25) is 14.9 Å². The Hall–Kier alpha value is -2.93. The maximum atomic E-state index is 13.1. The van der Waals surface area contributed by atoms with E-state index in [-0.39, 0.29) is 23.0 Å². The van der Waals surface area contributed by atoms with Crippen molar-refractivity contribution in [1.29, 1.82) is 0 Å². The third-order valence-corrected chi connectivity index (χ3v) is 5.87. The molecule has 3 rings (SSSR count). The number of anilines is 1. The summed E-state index contributed by atoms with van der Waals surface area (Å²) in [4.78, 5) is 27.5. The number of rotatable bonds is 7. The number of benzene rings is 2. The number of thiocarbonyl (C=S) groups is 1. The van der Waals surface area contributed by atoms with Gasteiger partial charge in [0.1, 0.15) is 5.75 Å². The molecule has 7 heteroatoms. The molecule has 0 heterocycles. The molecule has 0 aliphatic heterocycles. The molecule has 0 aromatic heterocycles. The second-order valence-electron chi connectivity index (χ2n) is 8.03. The molecular weight excluding hydrogens is 422 g/mol. The Morgan fingerprint density at radius 1 is 1.06 bits per heavy atom. The van der Waals surface area contributed by atoms with Crippen molar-refractivity contribution in [3.63, 3.8) is 0 Å². The van der Waals surface area contributed by atoms with Crippen LogP contribution in [0.25, 0.3) is 0 Å². The lowest BCUT2D eigenvalue weighted by Gasteiger charge is -2.31. The minimum atomic E-state index is -0.326. The predicted octanol–water partition coefficient (Wildman–Crippen LogP) is 5.01. The molecule has 2 N–H and O–H groups in total. The highest BCUT2D eigenvalue weighted by Gasteiger charge is 2.24. The van der Waals surface area contributed by atoms with Crippen LogP contribution in [0.1, 0.15) is 66.2 Å². The average molecular weight is 454 g/mol. The van der Waals surface area contributed by atoms with Crippen LogP contribution in [0.5, 0.6) is 5.75 Å². The minimum Gasteiger partial charge on any atom is -0.494 e. The maximum Gasteiger partial charge on any atom is 0.257 e. The maximum absolute atomic E-state index is 13.1. The first-order valence-electron chi connectivity index (χ1n) is 11.2. The first-order valence-corrected chi connectivity index (χ1v) is 11.6. The molecule has 0 saturated heterocycles. The summed E-state index contributed by atoms with van der Waals surface area (Å²) in [5, 5.41) is 5.84. The van der Waals surface area contributed by atoms with Crippen molar-refractivity contribution in [1.82, 2.24) is 10.2 Å². The normalized spacial score (nSPS) is 13.8. The Labute approximate surface area is 195 Å². The average Bonchev–Trinajstić information content (AvgIpc) is 2.83. The van der Waals surface area contributed by atoms with Gasteiger partial charge in [-0.15, -0.1) is 0 Å². The summed E-state index contributed by atoms with van der Waals surface area (Å²) in [7, 11) is 1.86. The van der Waals surface area contributed by atoms with Gasteiger partial charge in [0.05, 0.1) is 17.9 Å². The van der Waals surface area contributed by atoms with Crippen molar-refractivity contribution < 1.29 is 14.3 Å². The van der Waals surface area contributed by atoms with Crippen molar-refractivity contribution in [3.05, 3.63) is 59.7 Å². The molecule has 0 radical (unpaired) electrons. The Morgan fingerprint density at radius 2 is 1.75 bits per heavy atom. The molecule has 1 aliphatic rings. The van der Waals surface area contributed by atoms with Crippen LogP contribution in [0.2, 0.25) is 0 Å². The molecule has 6 nitrogen and oxygen atoms in total. The first kappa shape index (κ1) is 23.7. The van der Waals surface area contributed by atoms with Gasteiger partial charge in [-0.05, 0) is 67.9 Å². The van der Waals surface area contributed by atoms with Gasteiger partial charge in [0.25, 0.3) is 11.8 Å². The number of carbonyl (C=O) groups excluding carboxylic acids is 2. The summed E-state index contributed by atoms with van der Waals surface area (Å²) in [6.45, 7) is 2.67. The number of nitrogens with one attached hydrogen (secondary N) is 2. The Kier molecular flexibility index (Phi) is 8.62. The van der Waals surface area contributed by atoms with E-state index in [9.17, 15) is 9.59 Å². The van der Waals surface area contributed by atoms with Crippen LogP contribution in [0.3, 0.4) is 0 Å². The fraction of sp³-hybridized carbons (Fsp3) is 0.400. The molecule has 2 amide bonds. The SMILES string of the molecule is CCCOc1ccc(C(=O)NC(=S)Nc2ccccc2C(=O)N(C)C2CCCCC2)cc1. The highest BCUT2D eigenvalue weighted by atomic mass is 32.1. The fourth-order valence-electron chi connectivity index (χ4n) is 3.85. The van der Waals surface area contributed by atoms with Crippen LogP contribution in [-0.4, -0.2) is 41.5 Å². The molecule has 0 atom stereocenters. The van der Waals surface area contributed by atoms with E-state index in [0.717, 1.165) is 37.9 Å². The first-order chi connectivity index (χ1) is 15.5. The van der Waals surface area contributed by atoms with Crippen LogP contribution in [0.15, 0.2) is 48.5 Å². The fourth-order valence-corrected chi connectivity index (χ4v) is 4.06. The molecule has 1 aliphatic carbocycles. The van der Waals surface area contributed by atoms with Gasteiger partial charge in [-0.25, -0.2) is 0 Å². The summed E-state index contributed by atoms with van der Waals surface area (Å²) >= 11 is 5.34. The van der Waals surface area contributed by atoms with E-state index in [1.807, 2.05) is 31.0 Å². The zero-order chi connectivity index (χ0) is 22.9. The van der Waals surface area contributed by atoms with Crippen molar-refractivity contribution in [2.75, 3.05) is 19.0 Å². The Morgan fingerprint density at radius 3 is 2.44 bits per heavy atom. The Bertz CT molecular complexity index is 940. The zero-order valence-corrected chi connectivity index (χ0v) is 19.5. The topological polar surface area (TPSA) is 70.7 Å². The molecule has 1 saturated carbocycles. The van der Waals surface area contributed by atoms with Gasteiger partial charge in [0, 0.05) is 18.7 Å². The summed E-state index contributed by atoms with van der Waals surface area (Å²) in [6.07, 6.45) is 6.54. The Balaban J connectivity index is 1.62. The lowest BCUT2D eigenvalue weighted by molar-refractivity contribution is 0.0697. The molecular formula is C25H31N3O3S. The van der Waals surface area contributed by atoms with Crippen LogP contribution in [-0.2, 0) is 0 Å². The van der Waals surface area contributed by atoms with Gasteiger partial charge in [0.15, 0.2) is 5.11 Å². The van der Waals surface area contributed by atoms with Crippen molar-refractivity contribution in [2.45, 2.75) is 51.5 Å². The number of ether oxygens (including phenoxy) is 1. The molecule has 32 heavy (non-hydrogen) atoms. The molecule has 0 unspecified atom stereocenters. The van der Waals surface area contributed by atoms with Crippen molar-refractivity contribution in [3.8, 4) is 5.75 Å². The van der Waals surface area contributed by atoms with Gasteiger partial charge >= 0.3 is 0 Å². The van der Waals surface area contributed by atoms with E-state index < -0.39 is 0 Å². The van der Waals surface area contributed by atoms with Crippen LogP contribution < -0.4 is 15.4 Å². The smallest absolute Gasteiger partial charge is 0.257 e. The summed E-state index contributed by atoms with van der Waals surface area (Å²) < 4.78 is 5.54. The minimum absolute atomic E-state index is 0.0446.